The number of nitrogens with zero attached hydrogens (tertiary/aromatic N) is 2. The molecule has 0 unspecified atom stereocenters. The Labute approximate surface area is 100 Å². The van der Waals surface area contributed by atoms with E-state index in [1.54, 1.807) is 13.2 Å². The van der Waals surface area contributed by atoms with Crippen molar-refractivity contribution in [2.45, 2.75) is 31.3 Å². The number of nitrogens with two attached hydrogens (primary N) is 1. The molecule has 2 rings (SSSR count). The van der Waals surface area contributed by atoms with Gasteiger partial charge in [0.15, 0.2) is 0 Å². The van der Waals surface area contributed by atoms with Crippen LogP contribution in [-0.2, 0) is 0 Å². The molecule has 0 bridgehead atoms. The lowest BCUT2D eigenvalue weighted by molar-refractivity contribution is 0.0958. The summed E-state index contributed by atoms with van der Waals surface area (Å²) in [5.74, 6) is 0.462. The van der Waals surface area contributed by atoms with Crippen molar-refractivity contribution in [2.75, 3.05) is 12.4 Å². The summed E-state index contributed by atoms with van der Waals surface area (Å²) in [5.41, 5.74) is 6.15. The Hall–Kier alpha value is -1.69. The number of carbonyl (C=O) groups is 1. The van der Waals surface area contributed by atoms with E-state index >= 15 is 0 Å². The second-order valence-corrected chi connectivity index (χ2v) is 4.28. The fourth-order valence-corrected chi connectivity index (χ4v) is 2.00. The summed E-state index contributed by atoms with van der Waals surface area (Å²) in [6.45, 7) is 0. The summed E-state index contributed by atoms with van der Waals surface area (Å²) in [5, 5.41) is 5.77. The van der Waals surface area contributed by atoms with E-state index in [0.717, 1.165) is 19.3 Å². The van der Waals surface area contributed by atoms with Gasteiger partial charge in [0.1, 0.15) is 11.5 Å². The van der Waals surface area contributed by atoms with Gasteiger partial charge in [-0.15, -0.1) is 0 Å². The first-order valence-electron chi connectivity index (χ1n) is 5.75. The Morgan fingerprint density at radius 2 is 2.24 bits per heavy atom. The van der Waals surface area contributed by atoms with Gasteiger partial charge in [-0.3, -0.25) is 4.79 Å². The van der Waals surface area contributed by atoms with Crippen LogP contribution in [-0.4, -0.2) is 35.0 Å². The molecule has 0 aromatic carbocycles. The normalized spacial score (nSPS) is 23.4. The van der Waals surface area contributed by atoms with Crippen molar-refractivity contribution < 1.29 is 4.79 Å². The van der Waals surface area contributed by atoms with E-state index in [1.807, 2.05) is 0 Å². The van der Waals surface area contributed by atoms with Crippen molar-refractivity contribution in [3.63, 3.8) is 0 Å². The molecule has 1 heterocycles. The third-order valence-electron chi connectivity index (χ3n) is 2.94. The number of carbonyl (C=O) groups excluding carboxylic acids is 1. The first kappa shape index (κ1) is 11.8. The molecular formula is C11H17N5O. The molecule has 2 atom stereocenters. The molecule has 0 radical (unpaired) electrons. The van der Waals surface area contributed by atoms with E-state index in [2.05, 4.69) is 20.6 Å². The van der Waals surface area contributed by atoms with E-state index in [-0.39, 0.29) is 11.9 Å². The molecule has 6 heteroatoms. The quantitative estimate of drug-likeness (QED) is 0.692. The Morgan fingerprint density at radius 1 is 1.41 bits per heavy atom. The van der Waals surface area contributed by atoms with Gasteiger partial charge in [0.25, 0.3) is 5.91 Å². The van der Waals surface area contributed by atoms with Crippen LogP contribution in [0.4, 0.5) is 5.82 Å². The van der Waals surface area contributed by atoms with Crippen LogP contribution in [0.5, 0.6) is 0 Å². The predicted octanol–water partition coefficient (Wildman–Crippen LogP) is 0.128. The molecule has 17 heavy (non-hydrogen) atoms. The Balaban J connectivity index is 1.96. The average Bonchev–Trinajstić information content (AvgIpc) is 2.75. The molecule has 1 aliphatic carbocycles. The van der Waals surface area contributed by atoms with Gasteiger partial charge in [-0.25, -0.2) is 9.97 Å². The second-order valence-electron chi connectivity index (χ2n) is 4.28. The van der Waals surface area contributed by atoms with Crippen molar-refractivity contribution in [2.24, 2.45) is 5.73 Å². The number of rotatable bonds is 3. The maximum Gasteiger partial charge on any atom is 0.271 e. The van der Waals surface area contributed by atoms with Crippen molar-refractivity contribution in [3.8, 4) is 0 Å². The maximum absolute atomic E-state index is 11.3. The van der Waals surface area contributed by atoms with Crippen LogP contribution >= 0.6 is 0 Å². The third-order valence-corrected chi connectivity index (χ3v) is 2.94. The van der Waals surface area contributed by atoms with Crippen LogP contribution < -0.4 is 16.4 Å². The number of hydrogen-bond donors (Lipinski definition) is 3. The van der Waals surface area contributed by atoms with Crippen LogP contribution in [0.15, 0.2) is 12.4 Å². The van der Waals surface area contributed by atoms with Crippen LogP contribution in [0, 0.1) is 0 Å². The summed E-state index contributed by atoms with van der Waals surface area (Å²) in [6, 6.07) is 0.649. The molecule has 1 fully saturated rings. The lowest BCUT2D eigenvalue weighted by Gasteiger charge is -2.12. The van der Waals surface area contributed by atoms with Crippen molar-refractivity contribution in [3.05, 3.63) is 18.1 Å². The van der Waals surface area contributed by atoms with Gasteiger partial charge in [-0.05, 0) is 19.3 Å². The average molecular weight is 235 g/mol. The summed E-state index contributed by atoms with van der Waals surface area (Å²) >= 11 is 0. The van der Waals surface area contributed by atoms with E-state index in [1.165, 1.54) is 6.20 Å². The lowest BCUT2D eigenvalue weighted by Crippen LogP contribution is -2.22. The van der Waals surface area contributed by atoms with Crippen LogP contribution in [0.1, 0.15) is 29.8 Å². The highest BCUT2D eigenvalue weighted by Crippen LogP contribution is 2.20. The summed E-state index contributed by atoms with van der Waals surface area (Å²) < 4.78 is 0. The van der Waals surface area contributed by atoms with E-state index in [0.29, 0.717) is 17.6 Å². The van der Waals surface area contributed by atoms with Gasteiger partial charge >= 0.3 is 0 Å². The fraction of sp³-hybridized carbons (Fsp3) is 0.545. The minimum Gasteiger partial charge on any atom is -0.366 e. The summed E-state index contributed by atoms with van der Waals surface area (Å²) in [7, 11) is 1.57. The molecular weight excluding hydrogens is 218 g/mol. The molecule has 1 saturated carbocycles. The third kappa shape index (κ3) is 2.91. The van der Waals surface area contributed by atoms with Gasteiger partial charge in [0, 0.05) is 19.1 Å². The first-order chi connectivity index (χ1) is 8.19. The standard InChI is InChI=1S/C11H17N5O/c1-13-11(17)9-5-15-10(6-14-9)16-8-3-2-7(12)4-8/h5-8H,2-4,12H2,1H3,(H,13,17)(H,15,16)/t7-,8-/m0/s1. The minimum absolute atomic E-state index is 0.230. The number of amides is 1. The van der Waals surface area contributed by atoms with Crippen LogP contribution in [0.2, 0.25) is 0 Å². The first-order valence-corrected chi connectivity index (χ1v) is 5.75. The highest BCUT2D eigenvalue weighted by atomic mass is 16.1. The Kier molecular flexibility index (Phi) is 3.53. The van der Waals surface area contributed by atoms with Crippen molar-refractivity contribution in [1.82, 2.24) is 15.3 Å². The van der Waals surface area contributed by atoms with Gasteiger partial charge in [0.2, 0.25) is 0 Å². The zero-order valence-corrected chi connectivity index (χ0v) is 9.81. The Bertz CT molecular complexity index is 391. The Morgan fingerprint density at radius 3 is 2.76 bits per heavy atom. The molecule has 1 amide bonds. The monoisotopic (exact) mass is 235 g/mol. The highest BCUT2D eigenvalue weighted by Gasteiger charge is 2.21. The molecule has 0 aliphatic heterocycles. The molecule has 92 valence electrons. The number of nitrogens with one attached hydrogen (secondary N) is 2. The van der Waals surface area contributed by atoms with Gasteiger partial charge in [-0.1, -0.05) is 0 Å². The second kappa shape index (κ2) is 5.09. The number of aromatic nitrogens is 2. The van der Waals surface area contributed by atoms with Crippen LogP contribution in [0.25, 0.3) is 0 Å². The van der Waals surface area contributed by atoms with E-state index in [9.17, 15) is 4.79 Å². The maximum atomic E-state index is 11.3. The number of hydrogen-bond acceptors (Lipinski definition) is 5. The molecule has 0 spiro atoms. The molecule has 4 N–H and O–H groups in total. The van der Waals surface area contributed by atoms with Crippen molar-refractivity contribution in [1.29, 1.82) is 0 Å². The van der Waals surface area contributed by atoms with Gasteiger partial charge in [0.05, 0.1) is 12.4 Å². The van der Waals surface area contributed by atoms with Crippen molar-refractivity contribution >= 4 is 11.7 Å². The summed E-state index contributed by atoms with van der Waals surface area (Å²) in [6.07, 6.45) is 6.10. The summed E-state index contributed by atoms with van der Waals surface area (Å²) in [4.78, 5) is 19.5. The van der Waals surface area contributed by atoms with Crippen LogP contribution in [0.3, 0.4) is 0 Å². The molecule has 1 aliphatic rings. The molecule has 6 nitrogen and oxygen atoms in total. The van der Waals surface area contributed by atoms with E-state index in [4.69, 9.17) is 5.73 Å². The van der Waals surface area contributed by atoms with Gasteiger partial charge < -0.3 is 16.4 Å². The highest BCUT2D eigenvalue weighted by molar-refractivity contribution is 5.91. The largest absolute Gasteiger partial charge is 0.366 e. The number of anilines is 1. The zero-order chi connectivity index (χ0) is 12.3. The lowest BCUT2D eigenvalue weighted by atomic mass is 10.2. The fourth-order valence-electron chi connectivity index (χ4n) is 2.00. The topological polar surface area (TPSA) is 92.9 Å². The smallest absolute Gasteiger partial charge is 0.271 e. The van der Waals surface area contributed by atoms with E-state index < -0.39 is 0 Å². The predicted molar refractivity (Wildman–Crippen MR) is 64.7 cm³/mol. The van der Waals surface area contributed by atoms with Gasteiger partial charge in [-0.2, -0.15) is 0 Å². The molecule has 0 saturated heterocycles. The zero-order valence-electron chi connectivity index (χ0n) is 9.81. The SMILES string of the molecule is CNC(=O)c1cnc(N[C@H]2CC[C@H](N)C2)cn1. The minimum atomic E-state index is -0.230. The molecule has 1 aromatic rings. The molecule has 1 aromatic heterocycles.